The third-order valence-corrected chi connectivity index (χ3v) is 6.16. The number of carbonyl (C=O) groups excluding carboxylic acids is 1. The summed E-state index contributed by atoms with van der Waals surface area (Å²) in [5.74, 6) is 1.96. The van der Waals surface area contributed by atoms with Crippen molar-refractivity contribution in [3.05, 3.63) is 53.6 Å². The third kappa shape index (κ3) is 3.54. The number of hydrogen-bond acceptors (Lipinski definition) is 8. The molecular weight excluding hydrogens is 394 g/mol. The normalized spacial score (nSPS) is 22.5. The Morgan fingerprint density at radius 3 is 2.55 bits per heavy atom. The second-order valence-electron chi connectivity index (χ2n) is 8.23. The van der Waals surface area contributed by atoms with E-state index in [-0.39, 0.29) is 17.7 Å². The van der Waals surface area contributed by atoms with E-state index in [0.717, 1.165) is 37.0 Å². The molecule has 1 N–H and O–H groups in total. The summed E-state index contributed by atoms with van der Waals surface area (Å²) in [6.45, 7) is 6.35. The van der Waals surface area contributed by atoms with E-state index in [4.69, 9.17) is 4.74 Å². The molecule has 9 nitrogen and oxygen atoms in total. The third-order valence-electron chi connectivity index (χ3n) is 6.16. The molecule has 0 saturated carbocycles. The molecule has 3 aromatic rings. The fraction of sp³-hybridized carbons (Fsp3) is 0.409. The van der Waals surface area contributed by atoms with Gasteiger partial charge < -0.3 is 15.0 Å². The molecule has 9 heteroatoms. The van der Waals surface area contributed by atoms with Gasteiger partial charge in [0.25, 0.3) is 0 Å². The number of benzene rings is 1. The number of nitrogens with one attached hydrogen (secondary N) is 1. The van der Waals surface area contributed by atoms with Gasteiger partial charge in [-0.1, -0.05) is 0 Å². The summed E-state index contributed by atoms with van der Waals surface area (Å²) in [6, 6.07) is 7.09. The minimum Gasteiger partial charge on any atom is -0.497 e. The Balaban J connectivity index is 1.43. The highest BCUT2D eigenvalue weighted by Crippen LogP contribution is 2.35. The smallest absolute Gasteiger partial charge is 0.225 e. The van der Waals surface area contributed by atoms with E-state index < -0.39 is 0 Å². The van der Waals surface area contributed by atoms with Crippen LogP contribution < -0.4 is 15.0 Å². The van der Waals surface area contributed by atoms with Crippen LogP contribution in [0.25, 0.3) is 5.69 Å². The number of nitrogens with zero attached hydrogens (tertiary/aromatic N) is 6. The van der Waals surface area contributed by atoms with E-state index in [0.29, 0.717) is 22.9 Å². The van der Waals surface area contributed by atoms with Crippen molar-refractivity contribution in [3.63, 3.8) is 0 Å². The van der Waals surface area contributed by atoms with Crippen LogP contribution in [0.1, 0.15) is 21.7 Å². The van der Waals surface area contributed by atoms with Crippen LogP contribution in [0.2, 0.25) is 0 Å². The van der Waals surface area contributed by atoms with Gasteiger partial charge in [0, 0.05) is 36.9 Å². The fourth-order valence-electron chi connectivity index (χ4n) is 4.74. The zero-order valence-electron chi connectivity index (χ0n) is 17.8. The first kappa shape index (κ1) is 19.6. The largest absolute Gasteiger partial charge is 0.497 e. The van der Waals surface area contributed by atoms with Crippen LogP contribution in [-0.4, -0.2) is 63.5 Å². The van der Waals surface area contributed by atoms with Crippen molar-refractivity contribution in [2.24, 2.45) is 11.8 Å². The second kappa shape index (κ2) is 7.73. The van der Waals surface area contributed by atoms with Crippen molar-refractivity contribution in [1.82, 2.24) is 30.3 Å². The first-order chi connectivity index (χ1) is 15.0. The Bertz CT molecular complexity index is 1090. The number of ether oxygens (including phenoxy) is 1. The number of Topliss-reactive ketones (excluding diaryl/α,β-unsaturated/α-hetero) is 1. The molecule has 0 spiro atoms. The first-order valence-corrected chi connectivity index (χ1v) is 10.4. The summed E-state index contributed by atoms with van der Waals surface area (Å²) < 4.78 is 5.38. The molecule has 3 unspecified atom stereocenters. The highest BCUT2D eigenvalue weighted by atomic mass is 16.5. The summed E-state index contributed by atoms with van der Waals surface area (Å²) in [6.07, 6.45) is 3.20. The number of fused-ring (bicyclic) bond motifs is 1. The molecule has 2 aliphatic rings. The van der Waals surface area contributed by atoms with E-state index in [1.54, 1.807) is 25.6 Å². The lowest BCUT2D eigenvalue weighted by molar-refractivity contribution is 0.0930. The zero-order valence-corrected chi connectivity index (χ0v) is 17.8. The van der Waals surface area contributed by atoms with Crippen LogP contribution in [0.15, 0.2) is 36.7 Å². The second-order valence-corrected chi connectivity index (χ2v) is 8.23. The van der Waals surface area contributed by atoms with Gasteiger partial charge in [-0.25, -0.2) is 9.97 Å². The van der Waals surface area contributed by atoms with Crippen molar-refractivity contribution >= 4 is 11.7 Å². The Kier molecular flexibility index (Phi) is 4.90. The van der Waals surface area contributed by atoms with Gasteiger partial charge in [-0.15, -0.1) is 0 Å². The van der Waals surface area contributed by atoms with Crippen molar-refractivity contribution < 1.29 is 9.53 Å². The molecular formula is C22H25N7O2. The van der Waals surface area contributed by atoms with E-state index in [1.807, 2.05) is 32.0 Å². The van der Waals surface area contributed by atoms with Crippen LogP contribution >= 0.6 is 0 Å². The Hall–Kier alpha value is -3.33. The standard InChI is InChI=1S/C22H25N7O2/c1-13-8-14(2)27-22(26-13)28-11-15-10-23-20(18(15)12-28)21(30)17-9-16(31-3)4-5-19(17)29-24-6-7-25-29/h4-9,15,18,20,23H,10-12H2,1-3H3. The lowest BCUT2D eigenvalue weighted by Crippen LogP contribution is -2.39. The predicted octanol–water partition coefficient (Wildman–Crippen LogP) is 1.59. The van der Waals surface area contributed by atoms with Gasteiger partial charge in [-0.05, 0) is 44.0 Å². The van der Waals surface area contributed by atoms with E-state index in [1.165, 1.54) is 4.80 Å². The van der Waals surface area contributed by atoms with Crippen LogP contribution in [0.4, 0.5) is 5.95 Å². The maximum atomic E-state index is 13.7. The Morgan fingerprint density at radius 2 is 1.84 bits per heavy atom. The minimum atomic E-state index is -0.290. The maximum Gasteiger partial charge on any atom is 0.225 e. The molecule has 0 aliphatic carbocycles. The lowest BCUT2D eigenvalue weighted by Gasteiger charge is -2.22. The van der Waals surface area contributed by atoms with Crippen LogP contribution in [0.5, 0.6) is 5.75 Å². The average molecular weight is 419 g/mol. The summed E-state index contributed by atoms with van der Waals surface area (Å²) in [5.41, 5.74) is 3.11. The number of aryl methyl sites for hydroxylation is 2. The molecule has 2 fully saturated rings. The summed E-state index contributed by atoms with van der Waals surface area (Å²) in [5, 5.41) is 11.9. The molecule has 0 bridgehead atoms. The number of aromatic nitrogens is 5. The van der Waals surface area contributed by atoms with Gasteiger partial charge in [0.05, 0.1) is 36.8 Å². The monoisotopic (exact) mass is 419 g/mol. The Morgan fingerprint density at radius 1 is 1.10 bits per heavy atom. The van der Waals surface area contributed by atoms with Gasteiger partial charge in [-0.3, -0.25) is 4.79 Å². The van der Waals surface area contributed by atoms with Gasteiger partial charge >= 0.3 is 0 Å². The van der Waals surface area contributed by atoms with Crippen molar-refractivity contribution in [2.75, 3.05) is 31.6 Å². The molecule has 5 rings (SSSR count). The highest BCUT2D eigenvalue weighted by molar-refractivity contribution is 6.04. The van der Waals surface area contributed by atoms with E-state index in [9.17, 15) is 4.79 Å². The first-order valence-electron chi connectivity index (χ1n) is 10.4. The number of rotatable bonds is 5. The fourth-order valence-corrected chi connectivity index (χ4v) is 4.74. The number of anilines is 1. The molecule has 0 amide bonds. The SMILES string of the molecule is COc1ccc(-n2nccn2)c(C(=O)C2NCC3CN(c4nc(C)cc(C)n4)CC32)c1. The van der Waals surface area contributed by atoms with Crippen molar-refractivity contribution in [2.45, 2.75) is 19.9 Å². The number of hydrogen-bond donors (Lipinski definition) is 1. The molecule has 31 heavy (non-hydrogen) atoms. The highest BCUT2D eigenvalue weighted by Gasteiger charge is 2.46. The van der Waals surface area contributed by atoms with Crippen LogP contribution in [0.3, 0.4) is 0 Å². The molecule has 3 atom stereocenters. The summed E-state index contributed by atoms with van der Waals surface area (Å²) in [4.78, 5) is 26.6. The topological polar surface area (TPSA) is 98.1 Å². The number of ketones is 1. The van der Waals surface area contributed by atoms with Gasteiger partial charge in [-0.2, -0.15) is 15.0 Å². The minimum absolute atomic E-state index is 0.0295. The van der Waals surface area contributed by atoms with Crippen LogP contribution in [-0.2, 0) is 0 Å². The molecule has 160 valence electrons. The zero-order chi connectivity index (χ0) is 21.5. The maximum absolute atomic E-state index is 13.7. The lowest BCUT2D eigenvalue weighted by atomic mass is 9.89. The van der Waals surface area contributed by atoms with Gasteiger partial charge in [0.1, 0.15) is 5.75 Å². The quantitative estimate of drug-likeness (QED) is 0.623. The van der Waals surface area contributed by atoms with Gasteiger partial charge in [0.15, 0.2) is 5.78 Å². The van der Waals surface area contributed by atoms with E-state index >= 15 is 0 Å². The summed E-state index contributed by atoms with van der Waals surface area (Å²) in [7, 11) is 1.60. The van der Waals surface area contributed by atoms with Crippen molar-refractivity contribution in [1.29, 1.82) is 0 Å². The molecule has 0 radical (unpaired) electrons. The summed E-state index contributed by atoms with van der Waals surface area (Å²) >= 11 is 0. The number of methoxy groups -OCH3 is 1. The average Bonchev–Trinajstić information content (AvgIpc) is 3.49. The molecule has 4 heterocycles. The molecule has 2 aromatic heterocycles. The van der Waals surface area contributed by atoms with E-state index in [2.05, 4.69) is 30.4 Å². The number of carbonyl (C=O) groups is 1. The molecule has 1 aromatic carbocycles. The van der Waals surface area contributed by atoms with Crippen LogP contribution in [0, 0.1) is 25.7 Å². The molecule has 2 aliphatic heterocycles. The molecule has 2 saturated heterocycles. The van der Waals surface area contributed by atoms with Gasteiger partial charge in [0.2, 0.25) is 5.95 Å². The van der Waals surface area contributed by atoms with Crippen molar-refractivity contribution in [3.8, 4) is 11.4 Å². The Labute approximate surface area is 180 Å². The predicted molar refractivity (Wildman–Crippen MR) is 115 cm³/mol.